The molecule has 0 aliphatic heterocycles. The number of nitrogens with zero attached hydrogens (tertiary/aromatic N) is 3. The molecule has 1 heterocycles. The van der Waals surface area contributed by atoms with Crippen LogP contribution in [0.2, 0.25) is 0 Å². The van der Waals surface area contributed by atoms with Crippen molar-refractivity contribution in [3.05, 3.63) is 95.8 Å². The Morgan fingerprint density at radius 2 is 1.64 bits per heavy atom. The summed E-state index contributed by atoms with van der Waals surface area (Å²) in [5.74, 6) is -0.410. The van der Waals surface area contributed by atoms with E-state index in [-0.39, 0.29) is 12.3 Å². The third-order valence-electron chi connectivity index (χ3n) is 5.58. The van der Waals surface area contributed by atoms with Crippen molar-refractivity contribution in [2.75, 3.05) is 6.54 Å². The number of benzene rings is 3. The lowest BCUT2D eigenvalue weighted by Gasteiger charge is -2.24. The quantitative estimate of drug-likeness (QED) is 0.336. The molecule has 0 N–H and O–H groups in total. The molecule has 33 heavy (non-hydrogen) atoms. The second-order valence-corrected chi connectivity index (χ2v) is 8.64. The fourth-order valence-electron chi connectivity index (χ4n) is 3.92. The van der Waals surface area contributed by atoms with Gasteiger partial charge in [0.05, 0.1) is 24.0 Å². The van der Waals surface area contributed by atoms with Crippen LogP contribution in [-0.2, 0) is 17.8 Å². The highest BCUT2D eigenvalue weighted by atomic mass is 19.1. The highest BCUT2D eigenvalue weighted by Crippen LogP contribution is 2.23. The van der Waals surface area contributed by atoms with Crippen LogP contribution in [0.4, 0.5) is 8.78 Å². The van der Waals surface area contributed by atoms with Gasteiger partial charge in [-0.2, -0.15) is 0 Å². The summed E-state index contributed by atoms with van der Waals surface area (Å²) in [6.07, 6.45) is 0.743. The van der Waals surface area contributed by atoms with Crippen LogP contribution in [0.1, 0.15) is 31.7 Å². The van der Waals surface area contributed by atoms with Gasteiger partial charge >= 0.3 is 0 Å². The van der Waals surface area contributed by atoms with Crippen molar-refractivity contribution < 1.29 is 13.6 Å². The van der Waals surface area contributed by atoms with Gasteiger partial charge in [-0.3, -0.25) is 9.36 Å². The first-order valence-corrected chi connectivity index (χ1v) is 11.1. The number of hydrogen-bond acceptors (Lipinski definition) is 2. The van der Waals surface area contributed by atoms with E-state index in [0.717, 1.165) is 35.0 Å². The predicted octanol–water partition coefficient (Wildman–Crippen LogP) is 5.92. The zero-order valence-corrected chi connectivity index (χ0v) is 18.8. The highest BCUT2D eigenvalue weighted by Gasteiger charge is 2.20. The Hall–Kier alpha value is -3.54. The molecular weight excluding hydrogens is 420 g/mol. The summed E-state index contributed by atoms with van der Waals surface area (Å²) in [5, 5.41) is 0. The third kappa shape index (κ3) is 5.45. The zero-order valence-electron chi connectivity index (χ0n) is 18.8. The molecule has 0 unspecified atom stereocenters. The SMILES string of the molecule is CC(C)CCN(Cc1nc2ccccc2n1-c1ccccc1)C(=O)Cc1cc(F)cc(F)c1. The molecule has 0 saturated heterocycles. The van der Waals surface area contributed by atoms with Crippen LogP contribution in [0.3, 0.4) is 0 Å². The fraction of sp³-hybridized carbons (Fsp3) is 0.259. The first-order chi connectivity index (χ1) is 15.9. The molecule has 0 spiro atoms. The standard InChI is InChI=1S/C27H27F2N3O/c1-19(2)12-13-31(27(33)16-20-14-21(28)17-22(29)15-20)18-26-30-24-10-6-7-11-25(24)32(26)23-8-4-3-5-9-23/h3-11,14-15,17,19H,12-13,16,18H2,1-2H3. The van der Waals surface area contributed by atoms with Crippen molar-refractivity contribution in [1.82, 2.24) is 14.5 Å². The van der Waals surface area contributed by atoms with E-state index in [2.05, 4.69) is 18.4 Å². The third-order valence-corrected chi connectivity index (χ3v) is 5.58. The lowest BCUT2D eigenvalue weighted by molar-refractivity contribution is -0.131. The number of para-hydroxylation sites is 3. The predicted molar refractivity (Wildman–Crippen MR) is 126 cm³/mol. The molecule has 170 valence electrons. The second-order valence-electron chi connectivity index (χ2n) is 8.64. The summed E-state index contributed by atoms with van der Waals surface area (Å²) in [4.78, 5) is 19.8. The van der Waals surface area contributed by atoms with E-state index < -0.39 is 11.6 Å². The van der Waals surface area contributed by atoms with Crippen LogP contribution in [0.5, 0.6) is 0 Å². The van der Waals surface area contributed by atoms with E-state index in [1.807, 2.05) is 54.6 Å². The van der Waals surface area contributed by atoms with Crippen molar-refractivity contribution in [2.45, 2.75) is 33.2 Å². The average Bonchev–Trinajstić information content (AvgIpc) is 3.14. The monoisotopic (exact) mass is 447 g/mol. The maximum absolute atomic E-state index is 13.7. The summed E-state index contributed by atoms with van der Waals surface area (Å²) in [6.45, 7) is 5.03. The molecule has 6 heteroatoms. The van der Waals surface area contributed by atoms with Gasteiger partial charge < -0.3 is 4.90 Å². The smallest absolute Gasteiger partial charge is 0.227 e. The van der Waals surface area contributed by atoms with Crippen molar-refractivity contribution in [3.63, 3.8) is 0 Å². The molecule has 0 atom stereocenters. The van der Waals surface area contributed by atoms with E-state index in [1.54, 1.807) is 4.90 Å². The number of halogens is 2. The Morgan fingerprint density at radius 1 is 0.970 bits per heavy atom. The maximum atomic E-state index is 13.7. The Labute approximate surface area is 192 Å². The van der Waals surface area contributed by atoms with E-state index in [1.165, 1.54) is 12.1 Å². The first-order valence-electron chi connectivity index (χ1n) is 11.1. The van der Waals surface area contributed by atoms with Crippen LogP contribution < -0.4 is 0 Å². The van der Waals surface area contributed by atoms with E-state index in [4.69, 9.17) is 4.98 Å². The molecule has 4 rings (SSSR count). The number of carbonyl (C=O) groups is 1. The van der Waals surface area contributed by atoms with Crippen LogP contribution in [0.15, 0.2) is 72.8 Å². The summed E-state index contributed by atoms with van der Waals surface area (Å²) >= 11 is 0. The Bertz CT molecular complexity index is 1230. The molecule has 1 aromatic heterocycles. The van der Waals surface area contributed by atoms with E-state index >= 15 is 0 Å². The normalized spacial score (nSPS) is 11.3. The number of carbonyl (C=O) groups excluding carboxylic acids is 1. The number of rotatable bonds is 8. The van der Waals surface area contributed by atoms with Gasteiger partial charge in [0.15, 0.2) is 0 Å². The van der Waals surface area contributed by atoms with Crippen molar-refractivity contribution in [3.8, 4) is 5.69 Å². The van der Waals surface area contributed by atoms with Gasteiger partial charge in [0.25, 0.3) is 0 Å². The zero-order chi connectivity index (χ0) is 23.4. The van der Waals surface area contributed by atoms with E-state index in [9.17, 15) is 13.6 Å². The number of hydrogen-bond donors (Lipinski definition) is 0. The van der Waals surface area contributed by atoms with Crippen molar-refractivity contribution >= 4 is 16.9 Å². The molecule has 0 saturated carbocycles. The fourth-order valence-corrected chi connectivity index (χ4v) is 3.92. The van der Waals surface area contributed by atoms with Crippen LogP contribution >= 0.6 is 0 Å². The van der Waals surface area contributed by atoms with Gasteiger partial charge in [-0.05, 0) is 54.3 Å². The molecule has 0 aliphatic carbocycles. The summed E-state index contributed by atoms with van der Waals surface area (Å²) in [5.41, 5.74) is 3.09. The largest absolute Gasteiger partial charge is 0.335 e. The van der Waals surface area contributed by atoms with Gasteiger partial charge in [0.1, 0.15) is 17.5 Å². The number of imidazole rings is 1. The minimum absolute atomic E-state index is 0.0711. The summed E-state index contributed by atoms with van der Waals surface area (Å²) < 4.78 is 29.4. The minimum atomic E-state index is -0.683. The van der Waals surface area contributed by atoms with Crippen molar-refractivity contribution in [1.29, 1.82) is 0 Å². The van der Waals surface area contributed by atoms with Gasteiger partial charge in [0.2, 0.25) is 5.91 Å². The molecule has 0 radical (unpaired) electrons. The number of amides is 1. The lowest BCUT2D eigenvalue weighted by Crippen LogP contribution is -2.34. The minimum Gasteiger partial charge on any atom is -0.335 e. The van der Waals surface area contributed by atoms with Crippen LogP contribution in [-0.4, -0.2) is 26.9 Å². The highest BCUT2D eigenvalue weighted by molar-refractivity contribution is 5.80. The molecule has 0 aliphatic rings. The Balaban J connectivity index is 1.68. The van der Waals surface area contributed by atoms with Gasteiger partial charge in [-0.25, -0.2) is 13.8 Å². The molecule has 1 amide bonds. The topological polar surface area (TPSA) is 38.1 Å². The number of aromatic nitrogens is 2. The Kier molecular flexibility index (Phi) is 6.82. The summed E-state index contributed by atoms with van der Waals surface area (Å²) in [6, 6.07) is 21.0. The van der Waals surface area contributed by atoms with Crippen LogP contribution in [0, 0.1) is 17.6 Å². The average molecular weight is 448 g/mol. The van der Waals surface area contributed by atoms with Gasteiger partial charge in [0, 0.05) is 18.3 Å². The molecule has 3 aromatic carbocycles. The molecule has 4 aromatic rings. The van der Waals surface area contributed by atoms with Gasteiger partial charge in [-0.15, -0.1) is 0 Å². The van der Waals surface area contributed by atoms with E-state index in [0.29, 0.717) is 24.6 Å². The molecular formula is C27H27F2N3O. The summed E-state index contributed by atoms with van der Waals surface area (Å²) in [7, 11) is 0. The first kappa shape index (κ1) is 22.6. The lowest BCUT2D eigenvalue weighted by atomic mass is 10.1. The maximum Gasteiger partial charge on any atom is 0.227 e. The Morgan fingerprint density at radius 3 is 2.33 bits per heavy atom. The molecule has 0 bridgehead atoms. The molecule has 0 fully saturated rings. The molecule has 4 nitrogen and oxygen atoms in total. The second kappa shape index (κ2) is 9.94. The van der Waals surface area contributed by atoms with Crippen molar-refractivity contribution in [2.24, 2.45) is 5.92 Å². The number of fused-ring (bicyclic) bond motifs is 1. The van der Waals surface area contributed by atoms with Gasteiger partial charge in [-0.1, -0.05) is 44.2 Å². The van der Waals surface area contributed by atoms with Crippen LogP contribution in [0.25, 0.3) is 16.7 Å².